The molecule has 0 aromatic heterocycles. The Hall–Kier alpha value is -0.670. The molecule has 0 unspecified atom stereocenters. The summed E-state index contributed by atoms with van der Waals surface area (Å²) in [6, 6.07) is 7.45. The van der Waals surface area contributed by atoms with E-state index in [-0.39, 0.29) is 0 Å². The molecular weight excluding hydrogens is 268 g/mol. The minimum atomic E-state index is -0.695. The van der Waals surface area contributed by atoms with Gasteiger partial charge in [0.2, 0.25) is 0 Å². The van der Waals surface area contributed by atoms with Crippen molar-refractivity contribution in [1.82, 2.24) is 0 Å². The zero-order valence-corrected chi connectivity index (χ0v) is 11.9. The number of thioether (sulfide) groups is 1. The van der Waals surface area contributed by atoms with Crippen LogP contribution in [0.3, 0.4) is 0 Å². The standard InChI is InChI=1S/C14H17ClO2S/c1-10-5-7-14(8-6-10,13(16)17)18-12-4-2-3-11(15)9-12/h2-4,9-10H,5-8H2,1H3,(H,16,17). The zero-order valence-electron chi connectivity index (χ0n) is 10.4. The lowest BCUT2D eigenvalue weighted by Gasteiger charge is -2.35. The predicted octanol–water partition coefficient (Wildman–Crippen LogP) is 4.47. The van der Waals surface area contributed by atoms with Crippen LogP contribution in [0.25, 0.3) is 0 Å². The third kappa shape index (κ3) is 3.01. The van der Waals surface area contributed by atoms with Gasteiger partial charge in [-0.25, -0.2) is 0 Å². The van der Waals surface area contributed by atoms with Gasteiger partial charge in [-0.15, -0.1) is 11.8 Å². The van der Waals surface area contributed by atoms with Crippen LogP contribution in [0.1, 0.15) is 32.6 Å². The Morgan fingerprint density at radius 3 is 2.67 bits per heavy atom. The summed E-state index contributed by atoms with van der Waals surface area (Å²) in [5, 5.41) is 10.2. The molecule has 4 heteroatoms. The number of halogens is 1. The molecule has 0 spiro atoms. The first-order valence-electron chi connectivity index (χ1n) is 6.20. The van der Waals surface area contributed by atoms with Crippen molar-refractivity contribution in [2.24, 2.45) is 5.92 Å². The van der Waals surface area contributed by atoms with Crippen LogP contribution in [0, 0.1) is 5.92 Å². The van der Waals surface area contributed by atoms with E-state index in [1.807, 2.05) is 24.3 Å². The van der Waals surface area contributed by atoms with Gasteiger partial charge in [0.1, 0.15) is 4.75 Å². The quantitative estimate of drug-likeness (QED) is 0.890. The van der Waals surface area contributed by atoms with Crippen LogP contribution in [0.5, 0.6) is 0 Å². The number of benzene rings is 1. The Bertz CT molecular complexity index is 439. The van der Waals surface area contributed by atoms with Gasteiger partial charge in [0.25, 0.3) is 0 Å². The van der Waals surface area contributed by atoms with Gasteiger partial charge in [-0.1, -0.05) is 24.6 Å². The number of carboxylic acid groups (broad SMARTS) is 1. The highest BCUT2D eigenvalue weighted by atomic mass is 35.5. The van der Waals surface area contributed by atoms with Crippen molar-refractivity contribution >= 4 is 29.3 Å². The van der Waals surface area contributed by atoms with Gasteiger partial charge in [-0.2, -0.15) is 0 Å². The fraction of sp³-hybridized carbons (Fsp3) is 0.500. The monoisotopic (exact) mass is 284 g/mol. The predicted molar refractivity (Wildman–Crippen MR) is 75.3 cm³/mol. The van der Waals surface area contributed by atoms with Crippen LogP contribution in [-0.4, -0.2) is 15.8 Å². The Morgan fingerprint density at radius 2 is 2.11 bits per heavy atom. The van der Waals surface area contributed by atoms with Crippen LogP contribution in [0.15, 0.2) is 29.2 Å². The highest BCUT2D eigenvalue weighted by molar-refractivity contribution is 8.01. The number of hydrogen-bond acceptors (Lipinski definition) is 2. The molecule has 2 rings (SSSR count). The highest BCUT2D eigenvalue weighted by Crippen LogP contribution is 2.45. The van der Waals surface area contributed by atoms with Crippen LogP contribution in [0.4, 0.5) is 0 Å². The maximum Gasteiger partial charge on any atom is 0.320 e. The molecule has 0 saturated heterocycles. The van der Waals surface area contributed by atoms with E-state index in [0.717, 1.165) is 30.6 Å². The minimum Gasteiger partial charge on any atom is -0.480 e. The van der Waals surface area contributed by atoms with Crippen molar-refractivity contribution in [3.63, 3.8) is 0 Å². The number of hydrogen-bond donors (Lipinski definition) is 1. The lowest BCUT2D eigenvalue weighted by molar-refractivity contribution is -0.141. The zero-order chi connectivity index (χ0) is 13.2. The van der Waals surface area contributed by atoms with Crippen molar-refractivity contribution in [3.05, 3.63) is 29.3 Å². The number of rotatable bonds is 3. The van der Waals surface area contributed by atoms with Crippen LogP contribution < -0.4 is 0 Å². The first-order valence-corrected chi connectivity index (χ1v) is 7.39. The summed E-state index contributed by atoms with van der Waals surface area (Å²) >= 11 is 7.40. The van der Waals surface area contributed by atoms with E-state index in [1.165, 1.54) is 11.8 Å². The van der Waals surface area contributed by atoms with E-state index in [0.29, 0.717) is 10.9 Å². The van der Waals surface area contributed by atoms with E-state index in [2.05, 4.69) is 6.92 Å². The van der Waals surface area contributed by atoms with E-state index in [9.17, 15) is 9.90 Å². The molecule has 98 valence electrons. The summed E-state index contributed by atoms with van der Waals surface area (Å²) in [5.41, 5.74) is 0. The van der Waals surface area contributed by atoms with Crippen molar-refractivity contribution in [1.29, 1.82) is 0 Å². The molecule has 1 aromatic carbocycles. The summed E-state index contributed by atoms with van der Waals surface area (Å²) < 4.78 is -0.669. The molecule has 0 heterocycles. The normalized spacial score (nSPS) is 28.0. The first-order chi connectivity index (χ1) is 8.52. The smallest absolute Gasteiger partial charge is 0.320 e. The molecule has 1 saturated carbocycles. The maximum absolute atomic E-state index is 11.6. The second kappa shape index (κ2) is 5.54. The van der Waals surface area contributed by atoms with Gasteiger partial charge < -0.3 is 5.11 Å². The van der Waals surface area contributed by atoms with Crippen molar-refractivity contribution in [2.45, 2.75) is 42.2 Å². The molecule has 1 aliphatic carbocycles. The average Bonchev–Trinajstić information content (AvgIpc) is 2.32. The number of aliphatic carboxylic acids is 1. The molecule has 0 bridgehead atoms. The fourth-order valence-corrected chi connectivity index (χ4v) is 3.91. The largest absolute Gasteiger partial charge is 0.480 e. The maximum atomic E-state index is 11.6. The van der Waals surface area contributed by atoms with E-state index < -0.39 is 10.7 Å². The van der Waals surface area contributed by atoms with Crippen LogP contribution in [-0.2, 0) is 4.79 Å². The summed E-state index contributed by atoms with van der Waals surface area (Å²) in [7, 11) is 0. The molecule has 1 fully saturated rings. The van der Waals surface area contributed by atoms with E-state index in [1.54, 1.807) is 0 Å². The second-order valence-corrected chi connectivity index (χ2v) is 6.93. The Labute approximate surface area is 117 Å². The Kier molecular flexibility index (Phi) is 4.23. The first kappa shape index (κ1) is 13.8. The molecule has 0 amide bonds. The Morgan fingerprint density at radius 1 is 1.44 bits per heavy atom. The van der Waals surface area contributed by atoms with Gasteiger partial charge in [-0.3, -0.25) is 4.79 Å². The molecule has 2 nitrogen and oxygen atoms in total. The molecule has 0 atom stereocenters. The van der Waals surface area contributed by atoms with Crippen LogP contribution >= 0.6 is 23.4 Å². The van der Waals surface area contributed by atoms with Gasteiger partial charge in [-0.05, 0) is 49.8 Å². The topological polar surface area (TPSA) is 37.3 Å². The molecule has 0 aliphatic heterocycles. The molecule has 1 aliphatic rings. The Balaban J connectivity index is 2.19. The minimum absolute atomic E-state index is 0.637. The fourth-order valence-electron chi connectivity index (χ4n) is 2.34. The van der Waals surface area contributed by atoms with E-state index in [4.69, 9.17) is 11.6 Å². The molecular formula is C14H17ClO2S. The lowest BCUT2D eigenvalue weighted by atomic mass is 9.82. The molecule has 0 radical (unpaired) electrons. The van der Waals surface area contributed by atoms with Gasteiger partial charge >= 0.3 is 5.97 Å². The summed E-state index contributed by atoms with van der Waals surface area (Å²) in [6.07, 6.45) is 3.45. The van der Waals surface area contributed by atoms with Crippen LogP contribution in [0.2, 0.25) is 5.02 Å². The lowest BCUT2D eigenvalue weighted by Crippen LogP contribution is -2.38. The third-order valence-corrected chi connectivity index (χ3v) is 5.28. The molecule has 1 N–H and O–H groups in total. The number of carbonyl (C=O) groups is 1. The third-order valence-electron chi connectivity index (χ3n) is 3.58. The van der Waals surface area contributed by atoms with Crippen molar-refractivity contribution in [2.75, 3.05) is 0 Å². The van der Waals surface area contributed by atoms with Crippen molar-refractivity contribution in [3.8, 4) is 0 Å². The summed E-state index contributed by atoms with van der Waals surface area (Å²) in [4.78, 5) is 12.6. The highest BCUT2D eigenvalue weighted by Gasteiger charge is 2.42. The second-order valence-electron chi connectivity index (χ2n) is 5.04. The average molecular weight is 285 g/mol. The summed E-state index contributed by atoms with van der Waals surface area (Å²) in [5.74, 6) is -0.0585. The SMILES string of the molecule is CC1CCC(Sc2cccc(Cl)c2)(C(=O)O)CC1. The van der Waals surface area contributed by atoms with Gasteiger partial charge in [0.15, 0.2) is 0 Å². The van der Waals surface area contributed by atoms with Crippen molar-refractivity contribution < 1.29 is 9.90 Å². The summed E-state index contributed by atoms with van der Waals surface area (Å²) in [6.45, 7) is 2.19. The van der Waals surface area contributed by atoms with E-state index >= 15 is 0 Å². The van der Waals surface area contributed by atoms with Gasteiger partial charge in [0, 0.05) is 9.92 Å². The molecule has 18 heavy (non-hydrogen) atoms. The number of carboxylic acids is 1. The molecule has 1 aromatic rings. The van der Waals surface area contributed by atoms with Gasteiger partial charge in [0.05, 0.1) is 0 Å².